The molecule has 0 fully saturated rings. The summed E-state index contributed by atoms with van der Waals surface area (Å²) in [7, 11) is -1.34. The molecule has 0 amide bonds. The molecule has 2 aromatic carbocycles. The molecule has 0 radical (unpaired) electrons. The summed E-state index contributed by atoms with van der Waals surface area (Å²) in [6.07, 6.45) is 2.17. The van der Waals surface area contributed by atoms with Crippen molar-refractivity contribution in [2.75, 3.05) is 18.9 Å². The maximum atomic E-state index is 12.8. The number of benzene rings is 2. The summed E-state index contributed by atoms with van der Waals surface area (Å²) in [5, 5.41) is 8.77. The van der Waals surface area contributed by atoms with E-state index in [4.69, 9.17) is 14.6 Å². The van der Waals surface area contributed by atoms with E-state index in [9.17, 15) is 13.2 Å². The summed E-state index contributed by atoms with van der Waals surface area (Å²) in [4.78, 5) is 10.6. The monoisotopic (exact) mass is 441 g/mol. The first-order valence-electron chi connectivity index (χ1n) is 7.22. The lowest BCUT2D eigenvalue weighted by atomic mass is 10.2. The molecule has 0 bridgehead atoms. The average Bonchev–Trinajstić information content (AvgIpc) is 2.58. The van der Waals surface area contributed by atoms with E-state index >= 15 is 0 Å². The molecule has 2 N–H and O–H groups in total. The van der Waals surface area contributed by atoms with Gasteiger partial charge in [0.05, 0.1) is 14.2 Å². The normalized spacial score (nSPS) is 11.3. The molecule has 9 heteroatoms. The first-order chi connectivity index (χ1) is 12.3. The van der Waals surface area contributed by atoms with Crippen LogP contribution in [0.1, 0.15) is 5.56 Å². The van der Waals surface area contributed by atoms with E-state index in [1.807, 2.05) is 0 Å². The second-order valence-corrected chi connectivity index (χ2v) is 7.61. The Morgan fingerprint density at radius 1 is 1.19 bits per heavy atom. The van der Waals surface area contributed by atoms with Crippen molar-refractivity contribution in [1.82, 2.24) is 0 Å². The van der Waals surface area contributed by atoms with E-state index in [1.54, 1.807) is 24.3 Å². The number of carbonyl (C=O) groups is 1. The molecule has 0 atom stereocenters. The van der Waals surface area contributed by atoms with E-state index in [2.05, 4.69) is 20.7 Å². The summed E-state index contributed by atoms with van der Waals surface area (Å²) in [5.41, 5.74) is 0.687. The van der Waals surface area contributed by atoms with Crippen LogP contribution in [0.15, 0.2) is 51.8 Å². The van der Waals surface area contributed by atoms with Crippen LogP contribution in [-0.4, -0.2) is 33.7 Å². The van der Waals surface area contributed by atoms with Crippen molar-refractivity contribution in [1.29, 1.82) is 0 Å². The number of methoxy groups -OCH3 is 2. The number of carboxylic acid groups (broad SMARTS) is 1. The molecule has 0 unspecified atom stereocenters. The number of ether oxygens (including phenoxy) is 2. The van der Waals surface area contributed by atoms with Crippen molar-refractivity contribution in [3.63, 3.8) is 0 Å². The smallest absolute Gasteiger partial charge is 0.328 e. The highest BCUT2D eigenvalue weighted by Crippen LogP contribution is 2.37. The Hall–Kier alpha value is -2.52. The number of nitrogens with one attached hydrogen (secondary N) is 1. The van der Waals surface area contributed by atoms with Crippen molar-refractivity contribution < 1.29 is 27.8 Å². The fourth-order valence-corrected chi connectivity index (χ4v) is 3.84. The molecule has 0 heterocycles. The Kier molecular flexibility index (Phi) is 6.27. The Morgan fingerprint density at radius 2 is 1.92 bits per heavy atom. The minimum absolute atomic E-state index is 0.0162. The van der Waals surface area contributed by atoms with Gasteiger partial charge in [-0.3, -0.25) is 4.72 Å². The average molecular weight is 442 g/mol. The molecular formula is C17H16BrNO6S. The van der Waals surface area contributed by atoms with Crippen molar-refractivity contribution in [3.8, 4) is 11.5 Å². The first kappa shape index (κ1) is 19.8. The van der Waals surface area contributed by atoms with Gasteiger partial charge in [-0.2, -0.15) is 0 Å². The van der Waals surface area contributed by atoms with E-state index in [0.717, 1.165) is 6.08 Å². The molecule has 0 aliphatic heterocycles. The Labute approximate surface area is 159 Å². The number of aliphatic carboxylic acids is 1. The number of rotatable bonds is 7. The van der Waals surface area contributed by atoms with E-state index < -0.39 is 16.0 Å². The van der Waals surface area contributed by atoms with Crippen LogP contribution in [-0.2, 0) is 14.8 Å². The van der Waals surface area contributed by atoms with Gasteiger partial charge in [0.1, 0.15) is 4.90 Å². The fourth-order valence-electron chi connectivity index (χ4n) is 2.18. The first-order valence-corrected chi connectivity index (χ1v) is 9.50. The number of hydrogen-bond acceptors (Lipinski definition) is 5. The third-order valence-corrected chi connectivity index (χ3v) is 5.13. The van der Waals surface area contributed by atoms with E-state index in [1.165, 1.54) is 32.4 Å². The number of sulfonamides is 1. The Balaban J connectivity index is 2.57. The lowest BCUT2D eigenvalue weighted by Crippen LogP contribution is -2.14. The van der Waals surface area contributed by atoms with Gasteiger partial charge in [-0.05, 0) is 42.0 Å². The highest BCUT2D eigenvalue weighted by Gasteiger charge is 2.24. The van der Waals surface area contributed by atoms with Gasteiger partial charge in [0.15, 0.2) is 11.5 Å². The van der Waals surface area contributed by atoms with Crippen molar-refractivity contribution in [3.05, 3.63) is 52.5 Å². The highest BCUT2D eigenvalue weighted by atomic mass is 79.9. The predicted molar refractivity (Wildman–Crippen MR) is 101 cm³/mol. The third-order valence-electron chi connectivity index (χ3n) is 3.25. The van der Waals surface area contributed by atoms with Crippen LogP contribution in [0.25, 0.3) is 6.08 Å². The minimum atomic E-state index is -4.02. The van der Waals surface area contributed by atoms with E-state index in [0.29, 0.717) is 15.7 Å². The molecule has 0 spiro atoms. The number of anilines is 1. The zero-order valence-electron chi connectivity index (χ0n) is 13.9. The standard InChI is InChI=1S/C17H16BrNO6S/c1-24-14-8-11(6-7-16(20)21)9-15(17(14)25-2)26(22,23)19-13-5-3-4-12(18)10-13/h3-10,19H,1-2H3,(H,20,21)/b7-6+. The predicted octanol–water partition coefficient (Wildman–Crippen LogP) is 3.36. The van der Waals surface area contributed by atoms with Gasteiger partial charge in [-0.15, -0.1) is 0 Å². The molecule has 26 heavy (non-hydrogen) atoms. The number of carboxylic acids is 1. The highest BCUT2D eigenvalue weighted by molar-refractivity contribution is 9.10. The van der Waals surface area contributed by atoms with Crippen LogP contribution in [0.4, 0.5) is 5.69 Å². The number of hydrogen-bond donors (Lipinski definition) is 2. The molecular weight excluding hydrogens is 426 g/mol. The lowest BCUT2D eigenvalue weighted by molar-refractivity contribution is -0.131. The summed E-state index contributed by atoms with van der Waals surface area (Å²) in [6, 6.07) is 9.44. The maximum Gasteiger partial charge on any atom is 0.328 e. The van der Waals surface area contributed by atoms with Gasteiger partial charge >= 0.3 is 5.97 Å². The van der Waals surface area contributed by atoms with Gasteiger partial charge in [0.25, 0.3) is 10.0 Å². The molecule has 7 nitrogen and oxygen atoms in total. The van der Waals surface area contributed by atoms with Crippen molar-refractivity contribution in [2.45, 2.75) is 4.90 Å². The van der Waals surface area contributed by atoms with Crippen LogP contribution in [0.2, 0.25) is 0 Å². The van der Waals surface area contributed by atoms with Crippen LogP contribution in [0.5, 0.6) is 11.5 Å². The SMILES string of the molecule is COc1cc(/C=C/C(=O)O)cc(S(=O)(=O)Nc2cccc(Br)c2)c1OC. The van der Waals surface area contributed by atoms with Gasteiger partial charge < -0.3 is 14.6 Å². The molecule has 0 saturated heterocycles. The van der Waals surface area contributed by atoms with Crippen LogP contribution < -0.4 is 14.2 Å². The summed E-state index contributed by atoms with van der Waals surface area (Å²) in [6.45, 7) is 0. The maximum absolute atomic E-state index is 12.8. The molecule has 0 aliphatic carbocycles. The van der Waals surface area contributed by atoms with Crippen LogP contribution >= 0.6 is 15.9 Å². The summed E-state index contributed by atoms with van der Waals surface area (Å²) < 4.78 is 39.3. The minimum Gasteiger partial charge on any atom is -0.493 e. The zero-order chi connectivity index (χ0) is 19.3. The second-order valence-electron chi connectivity index (χ2n) is 5.04. The molecule has 0 aromatic heterocycles. The lowest BCUT2D eigenvalue weighted by Gasteiger charge is -2.15. The fraction of sp³-hybridized carbons (Fsp3) is 0.118. The van der Waals surface area contributed by atoms with Crippen LogP contribution in [0.3, 0.4) is 0 Å². The van der Waals surface area contributed by atoms with Crippen molar-refractivity contribution in [2.24, 2.45) is 0 Å². The van der Waals surface area contributed by atoms with Crippen LogP contribution in [0, 0.1) is 0 Å². The number of halogens is 1. The molecule has 2 rings (SSSR count). The molecule has 2 aromatic rings. The van der Waals surface area contributed by atoms with Gasteiger partial charge in [-0.1, -0.05) is 22.0 Å². The van der Waals surface area contributed by atoms with Crippen molar-refractivity contribution >= 4 is 43.7 Å². The van der Waals surface area contributed by atoms with E-state index in [-0.39, 0.29) is 16.4 Å². The largest absolute Gasteiger partial charge is 0.493 e. The molecule has 138 valence electrons. The Bertz CT molecular complexity index is 956. The third kappa shape index (κ3) is 4.77. The molecule has 0 saturated carbocycles. The summed E-state index contributed by atoms with van der Waals surface area (Å²) in [5.74, 6) is -0.978. The Morgan fingerprint density at radius 3 is 2.50 bits per heavy atom. The topological polar surface area (TPSA) is 102 Å². The quantitative estimate of drug-likeness (QED) is 0.638. The second kappa shape index (κ2) is 8.24. The van der Waals surface area contributed by atoms with Gasteiger partial charge in [-0.25, -0.2) is 13.2 Å². The van der Waals surface area contributed by atoms with Gasteiger partial charge in [0, 0.05) is 16.2 Å². The molecule has 0 aliphatic rings. The zero-order valence-corrected chi connectivity index (χ0v) is 16.3. The van der Waals surface area contributed by atoms with Gasteiger partial charge in [0.2, 0.25) is 0 Å². The summed E-state index contributed by atoms with van der Waals surface area (Å²) >= 11 is 3.28.